The third kappa shape index (κ3) is 3.81. The van der Waals surface area contributed by atoms with Crippen LogP contribution in [0.1, 0.15) is 18.5 Å². The molecule has 1 N–H and O–H groups in total. The van der Waals surface area contributed by atoms with Crippen LogP contribution in [0.2, 0.25) is 5.02 Å². The van der Waals surface area contributed by atoms with E-state index in [9.17, 15) is 0 Å². The summed E-state index contributed by atoms with van der Waals surface area (Å²) in [6.45, 7) is 3.15. The van der Waals surface area contributed by atoms with E-state index in [1.54, 1.807) is 0 Å². The lowest BCUT2D eigenvalue weighted by Gasteiger charge is -2.35. The minimum atomic E-state index is 0.632. The van der Waals surface area contributed by atoms with Gasteiger partial charge in [-0.15, -0.1) is 0 Å². The number of nitrogens with one attached hydrogen (secondary N) is 1. The van der Waals surface area contributed by atoms with E-state index < -0.39 is 0 Å². The number of piperidine rings is 1. The number of hydrogen-bond donors (Lipinski definition) is 1. The largest absolute Gasteiger partial charge is 0.373 e. The molecule has 0 atom stereocenters. The van der Waals surface area contributed by atoms with E-state index in [0.29, 0.717) is 6.04 Å². The summed E-state index contributed by atoms with van der Waals surface area (Å²) in [4.78, 5) is 9.31. The highest BCUT2D eigenvalue weighted by Crippen LogP contribution is 2.21. The van der Waals surface area contributed by atoms with Crippen molar-refractivity contribution in [2.24, 2.45) is 0 Å². The van der Waals surface area contributed by atoms with E-state index in [1.165, 1.54) is 25.9 Å². The smallest absolute Gasteiger partial charge is 0.126 e. The maximum absolute atomic E-state index is 6.23. The average molecular weight is 283 g/mol. The van der Waals surface area contributed by atoms with Gasteiger partial charge < -0.3 is 10.2 Å². The second kappa shape index (κ2) is 6.55. The first-order valence-electron chi connectivity index (χ1n) is 6.82. The van der Waals surface area contributed by atoms with Gasteiger partial charge in [-0.1, -0.05) is 11.6 Å². The van der Waals surface area contributed by atoms with Crippen LogP contribution < -0.4 is 5.32 Å². The first-order chi connectivity index (χ1) is 9.10. The lowest BCUT2D eigenvalue weighted by molar-refractivity contribution is 0.138. The van der Waals surface area contributed by atoms with Gasteiger partial charge in [-0.05, 0) is 52.2 Å². The second-order valence-electron chi connectivity index (χ2n) is 5.32. The van der Waals surface area contributed by atoms with Crippen molar-refractivity contribution < 1.29 is 0 Å². The van der Waals surface area contributed by atoms with Crippen molar-refractivity contribution in [3.8, 4) is 0 Å². The highest BCUT2D eigenvalue weighted by molar-refractivity contribution is 6.31. The summed E-state index contributed by atoms with van der Waals surface area (Å²) in [5, 5.41) is 3.81. The van der Waals surface area contributed by atoms with Gasteiger partial charge >= 0.3 is 0 Å². The Morgan fingerprint density at radius 3 is 2.74 bits per heavy atom. The number of hydrogen-bond acceptors (Lipinski definition) is 4. The van der Waals surface area contributed by atoms with Crippen LogP contribution in [-0.4, -0.2) is 55.1 Å². The first-order valence-corrected chi connectivity index (χ1v) is 7.20. The predicted octanol–water partition coefficient (Wildman–Crippen LogP) is 2.30. The fraction of sp³-hybridized carbons (Fsp3) is 0.643. The summed E-state index contributed by atoms with van der Waals surface area (Å²) in [5.74, 6) is 0.871. The fourth-order valence-electron chi connectivity index (χ4n) is 2.54. The zero-order valence-electron chi connectivity index (χ0n) is 12.0. The summed E-state index contributed by atoms with van der Waals surface area (Å²) in [6.07, 6.45) is 2.44. The molecule has 19 heavy (non-hydrogen) atoms. The van der Waals surface area contributed by atoms with Gasteiger partial charge in [-0.25, -0.2) is 4.98 Å². The number of pyridine rings is 1. The highest BCUT2D eigenvalue weighted by atomic mass is 35.5. The molecule has 0 spiro atoms. The van der Waals surface area contributed by atoms with E-state index in [4.69, 9.17) is 11.6 Å². The van der Waals surface area contributed by atoms with Gasteiger partial charge in [0, 0.05) is 19.6 Å². The lowest BCUT2D eigenvalue weighted by atomic mass is 10.0. The molecule has 0 unspecified atom stereocenters. The Kier molecular flexibility index (Phi) is 5.02. The van der Waals surface area contributed by atoms with Crippen molar-refractivity contribution in [1.29, 1.82) is 0 Å². The molecule has 0 bridgehead atoms. The van der Waals surface area contributed by atoms with Crippen LogP contribution in [0.4, 0.5) is 5.82 Å². The van der Waals surface area contributed by atoms with Crippen molar-refractivity contribution in [2.75, 3.05) is 39.5 Å². The normalized spacial score (nSPS) is 17.9. The number of aromatic nitrogens is 1. The van der Waals surface area contributed by atoms with Crippen LogP contribution in [0.3, 0.4) is 0 Å². The monoisotopic (exact) mass is 282 g/mol. The Labute approximate surface area is 120 Å². The molecule has 0 aromatic carbocycles. The van der Waals surface area contributed by atoms with E-state index >= 15 is 0 Å². The molecule has 2 rings (SSSR count). The standard InChI is InChI=1S/C14H23ClN4/c1-16-14-5-4-12(15)13(17-14)10-19(3)11-6-8-18(2)9-7-11/h4-5,11H,6-10H2,1-3H3,(H,16,17). The Bertz CT molecular complexity index is 416. The molecule has 1 aromatic heterocycles. The molecule has 106 valence electrons. The molecule has 1 saturated heterocycles. The van der Waals surface area contributed by atoms with Crippen LogP contribution in [-0.2, 0) is 6.54 Å². The van der Waals surface area contributed by atoms with Crippen molar-refractivity contribution in [2.45, 2.75) is 25.4 Å². The minimum Gasteiger partial charge on any atom is -0.373 e. The Balaban J connectivity index is 2.00. The topological polar surface area (TPSA) is 31.4 Å². The van der Waals surface area contributed by atoms with Crippen molar-refractivity contribution in [3.05, 3.63) is 22.8 Å². The number of likely N-dealkylation sites (tertiary alicyclic amines) is 1. The molecule has 0 saturated carbocycles. The van der Waals surface area contributed by atoms with Crippen LogP contribution in [0.5, 0.6) is 0 Å². The van der Waals surface area contributed by atoms with Gasteiger partial charge in [0.15, 0.2) is 0 Å². The van der Waals surface area contributed by atoms with E-state index in [-0.39, 0.29) is 0 Å². The summed E-state index contributed by atoms with van der Waals surface area (Å²) >= 11 is 6.23. The van der Waals surface area contributed by atoms with E-state index in [1.807, 2.05) is 19.2 Å². The van der Waals surface area contributed by atoms with Crippen molar-refractivity contribution in [3.63, 3.8) is 0 Å². The summed E-state index contributed by atoms with van der Waals surface area (Å²) < 4.78 is 0. The number of nitrogens with zero attached hydrogens (tertiary/aromatic N) is 3. The number of rotatable bonds is 4. The SMILES string of the molecule is CNc1ccc(Cl)c(CN(C)C2CCN(C)CC2)n1. The second-order valence-corrected chi connectivity index (χ2v) is 5.73. The molecular weight excluding hydrogens is 260 g/mol. The van der Waals surface area contributed by atoms with Crippen LogP contribution in [0.15, 0.2) is 12.1 Å². The third-order valence-electron chi connectivity index (χ3n) is 3.89. The molecule has 4 nitrogen and oxygen atoms in total. The molecule has 5 heteroatoms. The maximum atomic E-state index is 6.23. The Hall–Kier alpha value is -0.840. The zero-order valence-corrected chi connectivity index (χ0v) is 12.7. The van der Waals surface area contributed by atoms with Gasteiger partial charge in [0.05, 0.1) is 10.7 Å². The molecule has 0 radical (unpaired) electrons. The van der Waals surface area contributed by atoms with Gasteiger partial charge in [-0.3, -0.25) is 4.90 Å². The van der Waals surface area contributed by atoms with Gasteiger partial charge in [0.25, 0.3) is 0 Å². The van der Waals surface area contributed by atoms with Gasteiger partial charge in [-0.2, -0.15) is 0 Å². The molecule has 0 amide bonds. The Morgan fingerprint density at radius 2 is 2.11 bits per heavy atom. The average Bonchev–Trinajstić information content (AvgIpc) is 2.42. The lowest BCUT2D eigenvalue weighted by Crippen LogP contribution is -2.41. The van der Waals surface area contributed by atoms with Crippen LogP contribution in [0, 0.1) is 0 Å². The summed E-state index contributed by atoms with van der Waals surface area (Å²) in [6, 6.07) is 4.45. The molecule has 1 aromatic rings. The molecular formula is C14H23ClN4. The van der Waals surface area contributed by atoms with Crippen LogP contribution >= 0.6 is 11.6 Å². The molecule has 1 aliphatic rings. The van der Waals surface area contributed by atoms with Crippen molar-refractivity contribution >= 4 is 17.4 Å². The number of anilines is 1. The van der Waals surface area contributed by atoms with Crippen molar-refractivity contribution in [1.82, 2.24) is 14.8 Å². The summed E-state index contributed by atoms with van der Waals surface area (Å²) in [5.41, 5.74) is 0.954. The van der Waals surface area contributed by atoms with E-state index in [0.717, 1.165) is 23.1 Å². The number of halogens is 1. The maximum Gasteiger partial charge on any atom is 0.126 e. The quantitative estimate of drug-likeness (QED) is 0.918. The molecule has 2 heterocycles. The van der Waals surface area contributed by atoms with Gasteiger partial charge in [0.1, 0.15) is 5.82 Å². The van der Waals surface area contributed by atoms with E-state index in [2.05, 4.69) is 34.2 Å². The predicted molar refractivity (Wildman–Crippen MR) is 80.8 cm³/mol. The van der Waals surface area contributed by atoms with Gasteiger partial charge in [0.2, 0.25) is 0 Å². The first kappa shape index (κ1) is 14.6. The zero-order chi connectivity index (χ0) is 13.8. The third-order valence-corrected chi connectivity index (χ3v) is 4.23. The summed E-state index contributed by atoms with van der Waals surface area (Å²) in [7, 11) is 6.23. The minimum absolute atomic E-state index is 0.632. The van der Waals surface area contributed by atoms with Crippen LogP contribution in [0.25, 0.3) is 0 Å². The molecule has 1 aliphatic heterocycles. The molecule has 1 fully saturated rings. The fourth-order valence-corrected chi connectivity index (χ4v) is 2.70. The molecule has 0 aliphatic carbocycles. The Morgan fingerprint density at radius 1 is 1.42 bits per heavy atom. The highest BCUT2D eigenvalue weighted by Gasteiger charge is 2.21.